The van der Waals surface area contributed by atoms with Gasteiger partial charge in [-0.05, 0) is 42.3 Å². The highest BCUT2D eigenvalue weighted by atomic mass is 79.9. The van der Waals surface area contributed by atoms with E-state index in [1.54, 1.807) is 0 Å². The number of halogens is 1. The topological polar surface area (TPSA) is 55.5 Å². The molecule has 0 aliphatic rings. The molecule has 0 amide bonds. The quantitative estimate of drug-likeness (QED) is 0.901. The highest BCUT2D eigenvalue weighted by Gasteiger charge is 2.07. The van der Waals surface area contributed by atoms with Gasteiger partial charge in [-0.15, -0.1) is 0 Å². The fourth-order valence-corrected chi connectivity index (χ4v) is 2.50. The lowest BCUT2D eigenvalue weighted by Crippen LogP contribution is -2.05. The van der Waals surface area contributed by atoms with E-state index < -0.39 is 0 Å². The molecule has 1 atom stereocenters. The Labute approximate surface area is 121 Å². The van der Waals surface area contributed by atoms with Crippen molar-refractivity contribution in [1.82, 2.24) is 0 Å². The van der Waals surface area contributed by atoms with E-state index in [1.807, 2.05) is 49.4 Å². The van der Waals surface area contributed by atoms with Crippen LogP contribution in [0, 0.1) is 0 Å². The molecule has 2 aromatic carbocycles. The lowest BCUT2D eigenvalue weighted by atomic mass is 10.1. The minimum Gasteiger partial charge on any atom is -0.457 e. The monoisotopic (exact) mass is 321 g/mol. The van der Waals surface area contributed by atoms with E-state index in [0.29, 0.717) is 5.75 Å². The van der Waals surface area contributed by atoms with Crippen LogP contribution in [-0.4, -0.2) is 5.11 Å². The van der Waals surface area contributed by atoms with E-state index in [-0.39, 0.29) is 12.6 Å². The molecule has 3 nitrogen and oxygen atoms in total. The second-order valence-corrected chi connectivity index (χ2v) is 5.23. The summed E-state index contributed by atoms with van der Waals surface area (Å²) in [4.78, 5) is 0. The van der Waals surface area contributed by atoms with Gasteiger partial charge < -0.3 is 15.6 Å². The third-order valence-corrected chi connectivity index (χ3v) is 3.47. The van der Waals surface area contributed by atoms with E-state index in [4.69, 9.17) is 15.6 Å². The van der Waals surface area contributed by atoms with Crippen LogP contribution < -0.4 is 10.5 Å². The molecule has 0 saturated carbocycles. The maximum Gasteiger partial charge on any atom is 0.128 e. The van der Waals surface area contributed by atoms with Crippen LogP contribution >= 0.6 is 15.9 Å². The Bertz CT molecular complexity index is 570. The standard InChI is InChI=1S/C15H16BrNO2/c1-10(17)14-6-5-13(8-15(14)16)19-12-4-2-3-11(7-12)9-18/h2-8,10,18H,9,17H2,1H3/t10-/m0/s1. The van der Waals surface area contributed by atoms with Crippen LogP contribution in [-0.2, 0) is 6.61 Å². The number of aliphatic hydroxyl groups is 1. The SMILES string of the molecule is C[C@H](N)c1ccc(Oc2cccc(CO)c2)cc1Br. The van der Waals surface area contributed by atoms with Gasteiger partial charge >= 0.3 is 0 Å². The van der Waals surface area contributed by atoms with Gasteiger partial charge in [0.1, 0.15) is 11.5 Å². The Morgan fingerprint density at radius 2 is 1.95 bits per heavy atom. The van der Waals surface area contributed by atoms with Gasteiger partial charge in [0.05, 0.1) is 6.61 Å². The molecular weight excluding hydrogens is 306 g/mol. The van der Waals surface area contributed by atoms with Crippen molar-refractivity contribution in [2.75, 3.05) is 0 Å². The van der Waals surface area contributed by atoms with Crippen molar-refractivity contribution in [3.63, 3.8) is 0 Å². The number of benzene rings is 2. The summed E-state index contributed by atoms with van der Waals surface area (Å²) in [6, 6.07) is 13.1. The second-order valence-electron chi connectivity index (χ2n) is 4.38. The van der Waals surface area contributed by atoms with Crippen molar-refractivity contribution >= 4 is 15.9 Å². The second kappa shape index (κ2) is 6.19. The number of hydrogen-bond acceptors (Lipinski definition) is 3. The summed E-state index contributed by atoms with van der Waals surface area (Å²) in [5, 5.41) is 9.09. The van der Waals surface area contributed by atoms with Crippen molar-refractivity contribution < 1.29 is 9.84 Å². The first kappa shape index (κ1) is 14.1. The van der Waals surface area contributed by atoms with Crippen LogP contribution in [0.15, 0.2) is 46.9 Å². The first-order chi connectivity index (χ1) is 9.10. The average Bonchev–Trinajstić information content (AvgIpc) is 2.38. The molecule has 0 unspecified atom stereocenters. The van der Waals surface area contributed by atoms with Crippen LogP contribution in [0.2, 0.25) is 0 Å². The molecule has 0 bridgehead atoms. The van der Waals surface area contributed by atoms with Crippen molar-refractivity contribution in [3.05, 3.63) is 58.1 Å². The smallest absolute Gasteiger partial charge is 0.128 e. The third kappa shape index (κ3) is 3.56. The maximum atomic E-state index is 9.09. The molecule has 2 rings (SSSR count). The third-order valence-electron chi connectivity index (χ3n) is 2.78. The highest BCUT2D eigenvalue weighted by molar-refractivity contribution is 9.10. The van der Waals surface area contributed by atoms with Gasteiger partial charge in [-0.1, -0.05) is 34.1 Å². The molecule has 0 radical (unpaired) electrons. The lowest BCUT2D eigenvalue weighted by Gasteiger charge is -2.11. The predicted molar refractivity (Wildman–Crippen MR) is 79.2 cm³/mol. The normalized spacial score (nSPS) is 12.2. The van der Waals surface area contributed by atoms with Gasteiger partial charge in [-0.3, -0.25) is 0 Å². The Hall–Kier alpha value is -1.36. The van der Waals surface area contributed by atoms with E-state index in [2.05, 4.69) is 15.9 Å². The minimum atomic E-state index is -0.0267. The lowest BCUT2D eigenvalue weighted by molar-refractivity contribution is 0.281. The molecule has 4 heteroatoms. The Balaban J connectivity index is 2.21. The average molecular weight is 322 g/mol. The van der Waals surface area contributed by atoms with Gasteiger partial charge in [0, 0.05) is 10.5 Å². The van der Waals surface area contributed by atoms with Crippen LogP contribution in [0.25, 0.3) is 0 Å². The van der Waals surface area contributed by atoms with Crippen LogP contribution in [0.1, 0.15) is 24.1 Å². The van der Waals surface area contributed by atoms with E-state index in [0.717, 1.165) is 21.3 Å². The number of ether oxygens (including phenoxy) is 1. The van der Waals surface area contributed by atoms with E-state index in [9.17, 15) is 0 Å². The fourth-order valence-electron chi connectivity index (χ4n) is 1.78. The maximum absolute atomic E-state index is 9.09. The predicted octanol–water partition coefficient (Wildman–Crippen LogP) is 3.75. The van der Waals surface area contributed by atoms with E-state index >= 15 is 0 Å². The Morgan fingerprint density at radius 3 is 2.58 bits per heavy atom. The molecule has 0 heterocycles. The number of aliphatic hydroxyl groups excluding tert-OH is 1. The zero-order valence-electron chi connectivity index (χ0n) is 10.6. The highest BCUT2D eigenvalue weighted by Crippen LogP contribution is 2.29. The van der Waals surface area contributed by atoms with Crippen LogP contribution in [0.5, 0.6) is 11.5 Å². The molecular formula is C15H16BrNO2. The number of hydrogen-bond donors (Lipinski definition) is 2. The molecule has 0 aliphatic heterocycles. The summed E-state index contributed by atoms with van der Waals surface area (Å²) in [5.41, 5.74) is 7.72. The first-order valence-electron chi connectivity index (χ1n) is 6.03. The van der Waals surface area contributed by atoms with Gasteiger partial charge in [0.25, 0.3) is 0 Å². The molecule has 2 aromatic rings. The zero-order valence-corrected chi connectivity index (χ0v) is 12.2. The summed E-state index contributed by atoms with van der Waals surface area (Å²) >= 11 is 3.49. The van der Waals surface area contributed by atoms with Crippen LogP contribution in [0.3, 0.4) is 0 Å². The molecule has 19 heavy (non-hydrogen) atoms. The fraction of sp³-hybridized carbons (Fsp3) is 0.200. The Kier molecular flexibility index (Phi) is 4.58. The van der Waals surface area contributed by atoms with Crippen molar-refractivity contribution in [2.24, 2.45) is 5.73 Å². The molecule has 0 aliphatic carbocycles. The molecule has 3 N–H and O–H groups in total. The van der Waals surface area contributed by atoms with Gasteiger partial charge in [0.15, 0.2) is 0 Å². The van der Waals surface area contributed by atoms with Crippen molar-refractivity contribution in [1.29, 1.82) is 0 Å². The summed E-state index contributed by atoms with van der Waals surface area (Å²) in [6.45, 7) is 1.94. The molecule has 0 saturated heterocycles. The van der Waals surface area contributed by atoms with Crippen molar-refractivity contribution in [3.8, 4) is 11.5 Å². The van der Waals surface area contributed by atoms with Gasteiger partial charge in [-0.25, -0.2) is 0 Å². The summed E-state index contributed by atoms with van der Waals surface area (Å²) < 4.78 is 6.68. The number of rotatable bonds is 4. The Morgan fingerprint density at radius 1 is 1.21 bits per heavy atom. The minimum absolute atomic E-state index is 0.00448. The van der Waals surface area contributed by atoms with Crippen molar-refractivity contribution in [2.45, 2.75) is 19.6 Å². The van der Waals surface area contributed by atoms with E-state index in [1.165, 1.54) is 0 Å². The van der Waals surface area contributed by atoms with Crippen LogP contribution in [0.4, 0.5) is 0 Å². The zero-order chi connectivity index (χ0) is 13.8. The van der Waals surface area contributed by atoms with Gasteiger partial charge in [0.2, 0.25) is 0 Å². The number of nitrogens with two attached hydrogens (primary N) is 1. The summed E-state index contributed by atoms with van der Waals surface area (Å²) in [5.74, 6) is 1.43. The first-order valence-corrected chi connectivity index (χ1v) is 6.82. The summed E-state index contributed by atoms with van der Waals surface area (Å²) in [7, 11) is 0. The van der Waals surface area contributed by atoms with Gasteiger partial charge in [-0.2, -0.15) is 0 Å². The molecule has 100 valence electrons. The molecule has 0 spiro atoms. The summed E-state index contributed by atoms with van der Waals surface area (Å²) in [6.07, 6.45) is 0. The largest absolute Gasteiger partial charge is 0.457 e. The molecule has 0 fully saturated rings. The molecule has 0 aromatic heterocycles.